The summed E-state index contributed by atoms with van der Waals surface area (Å²) < 4.78 is 53.0. The number of carbonyl (C=O) groups excluding carboxylic acids is 1. The van der Waals surface area contributed by atoms with Crippen molar-refractivity contribution in [1.82, 2.24) is 4.90 Å². The highest BCUT2D eigenvalue weighted by Crippen LogP contribution is 2.40. The van der Waals surface area contributed by atoms with E-state index in [2.05, 4.69) is 0 Å². The van der Waals surface area contributed by atoms with E-state index in [4.69, 9.17) is 5.73 Å². The molecule has 1 heterocycles. The summed E-state index contributed by atoms with van der Waals surface area (Å²) in [5.74, 6) is -1.53. The maximum atomic E-state index is 14.2. The molecule has 1 unspecified atom stereocenters. The molecule has 3 rings (SSSR count). The summed E-state index contributed by atoms with van der Waals surface area (Å²) in [6.07, 6.45) is -4.65. The van der Waals surface area contributed by atoms with E-state index < -0.39 is 34.9 Å². The fourth-order valence-corrected chi connectivity index (χ4v) is 2.93. The minimum atomic E-state index is -4.65. The molecule has 0 saturated carbocycles. The van der Waals surface area contributed by atoms with Gasteiger partial charge in [-0.05, 0) is 23.8 Å². The van der Waals surface area contributed by atoms with Gasteiger partial charge in [0, 0.05) is 12.6 Å². The van der Waals surface area contributed by atoms with Crippen molar-refractivity contribution in [2.75, 3.05) is 7.05 Å². The molecular formula is C18H14F4N2O. The average molecular weight is 350 g/mol. The van der Waals surface area contributed by atoms with Crippen LogP contribution in [0.25, 0.3) is 5.57 Å². The van der Waals surface area contributed by atoms with Crippen LogP contribution in [0.15, 0.2) is 54.4 Å². The fourth-order valence-electron chi connectivity index (χ4n) is 2.93. The first-order chi connectivity index (χ1) is 11.7. The predicted octanol–water partition coefficient (Wildman–Crippen LogP) is 3.73. The number of carbonyl (C=O) groups is 1. The number of halogens is 4. The quantitative estimate of drug-likeness (QED) is 0.840. The van der Waals surface area contributed by atoms with Crippen molar-refractivity contribution in [2.24, 2.45) is 5.73 Å². The van der Waals surface area contributed by atoms with E-state index in [9.17, 15) is 22.4 Å². The summed E-state index contributed by atoms with van der Waals surface area (Å²) >= 11 is 0. The van der Waals surface area contributed by atoms with Crippen molar-refractivity contribution in [2.45, 2.75) is 12.2 Å². The molecule has 1 atom stereocenters. The minimum Gasteiger partial charge on any atom is -0.385 e. The molecule has 0 spiro atoms. The maximum absolute atomic E-state index is 14.2. The lowest BCUT2D eigenvalue weighted by Gasteiger charge is -2.21. The number of Topliss-reactive ketones (excluding diaryl/α,β-unsaturated/α-hetero) is 1. The van der Waals surface area contributed by atoms with Crippen molar-refractivity contribution < 1.29 is 22.4 Å². The number of alkyl halides is 3. The lowest BCUT2D eigenvalue weighted by Crippen LogP contribution is -2.25. The van der Waals surface area contributed by atoms with Gasteiger partial charge in [0.05, 0.1) is 11.1 Å². The molecule has 0 radical (unpaired) electrons. The minimum absolute atomic E-state index is 0.0583. The van der Waals surface area contributed by atoms with Crippen LogP contribution in [0, 0.1) is 5.82 Å². The zero-order chi connectivity index (χ0) is 18.4. The molecule has 1 aliphatic heterocycles. The van der Waals surface area contributed by atoms with Crippen LogP contribution in [0.3, 0.4) is 0 Å². The Morgan fingerprint density at radius 1 is 1.08 bits per heavy atom. The van der Waals surface area contributed by atoms with Crippen molar-refractivity contribution in [3.63, 3.8) is 0 Å². The van der Waals surface area contributed by atoms with E-state index in [1.807, 2.05) is 0 Å². The molecule has 130 valence electrons. The number of hydrogen-bond donors (Lipinski definition) is 1. The molecule has 0 aliphatic carbocycles. The maximum Gasteiger partial charge on any atom is 0.416 e. The zero-order valence-electron chi connectivity index (χ0n) is 13.1. The summed E-state index contributed by atoms with van der Waals surface area (Å²) in [5.41, 5.74) is 4.85. The molecule has 25 heavy (non-hydrogen) atoms. The third-order valence-electron chi connectivity index (χ3n) is 4.20. The molecule has 0 amide bonds. The Hall–Kier alpha value is -2.83. The Bertz CT molecular complexity index is 859. The van der Waals surface area contributed by atoms with Crippen molar-refractivity contribution in [1.29, 1.82) is 0 Å². The standard InChI is InChI=1S/C18H14F4N2O/c1-24-15(10-5-3-2-4-6-10)16(25)14(17(24)23)12-9-11(18(20,21)22)7-8-13(12)19/h2-9,15H,23H2,1H3. The molecule has 3 nitrogen and oxygen atoms in total. The van der Waals surface area contributed by atoms with Gasteiger partial charge in [0.15, 0.2) is 5.78 Å². The molecular weight excluding hydrogens is 336 g/mol. The first-order valence-corrected chi connectivity index (χ1v) is 7.40. The second-order valence-electron chi connectivity index (χ2n) is 5.74. The van der Waals surface area contributed by atoms with Crippen LogP contribution in [-0.4, -0.2) is 17.7 Å². The first-order valence-electron chi connectivity index (χ1n) is 7.40. The van der Waals surface area contributed by atoms with E-state index in [-0.39, 0.29) is 11.4 Å². The fraction of sp³-hybridized carbons (Fsp3) is 0.167. The Morgan fingerprint density at radius 3 is 2.32 bits per heavy atom. The van der Waals surface area contributed by atoms with Crippen molar-refractivity contribution in [3.05, 3.63) is 76.9 Å². The number of ketones is 1. The van der Waals surface area contributed by atoms with Gasteiger partial charge >= 0.3 is 6.18 Å². The van der Waals surface area contributed by atoms with Crippen molar-refractivity contribution in [3.8, 4) is 0 Å². The summed E-state index contributed by atoms with van der Waals surface area (Å²) in [7, 11) is 1.55. The largest absolute Gasteiger partial charge is 0.416 e. The first kappa shape index (κ1) is 17.0. The Labute approximate surface area is 141 Å². The summed E-state index contributed by atoms with van der Waals surface area (Å²) in [6, 6.07) is 9.80. The van der Waals surface area contributed by atoms with E-state index in [1.165, 1.54) is 4.90 Å². The van der Waals surface area contributed by atoms with Gasteiger partial charge in [-0.15, -0.1) is 0 Å². The van der Waals surface area contributed by atoms with Crippen molar-refractivity contribution >= 4 is 11.4 Å². The van der Waals surface area contributed by atoms with Gasteiger partial charge in [0.1, 0.15) is 17.7 Å². The van der Waals surface area contributed by atoms with Crippen LogP contribution >= 0.6 is 0 Å². The summed E-state index contributed by atoms with van der Waals surface area (Å²) in [6.45, 7) is 0. The van der Waals surface area contributed by atoms with Gasteiger partial charge in [-0.25, -0.2) is 4.39 Å². The topological polar surface area (TPSA) is 46.3 Å². The molecule has 2 N–H and O–H groups in total. The third kappa shape index (κ3) is 2.86. The van der Waals surface area contributed by atoms with E-state index >= 15 is 0 Å². The summed E-state index contributed by atoms with van der Waals surface area (Å²) in [4.78, 5) is 14.3. The van der Waals surface area contributed by atoms with Gasteiger partial charge < -0.3 is 10.6 Å². The highest BCUT2D eigenvalue weighted by atomic mass is 19.4. The third-order valence-corrected chi connectivity index (χ3v) is 4.20. The Kier molecular flexibility index (Phi) is 4.02. The molecule has 0 fully saturated rings. The number of hydrogen-bond acceptors (Lipinski definition) is 3. The number of benzene rings is 2. The molecule has 1 aliphatic rings. The number of nitrogens with zero attached hydrogens (tertiary/aromatic N) is 1. The van der Waals surface area contributed by atoms with Crippen LogP contribution in [0.5, 0.6) is 0 Å². The van der Waals surface area contributed by atoms with E-state index in [1.54, 1.807) is 37.4 Å². The Balaban J connectivity index is 2.10. The van der Waals surface area contributed by atoms with Crippen LogP contribution < -0.4 is 5.73 Å². The van der Waals surface area contributed by atoms with Gasteiger partial charge in [-0.1, -0.05) is 30.3 Å². The predicted molar refractivity (Wildman–Crippen MR) is 84.5 cm³/mol. The molecule has 2 aromatic rings. The lowest BCUT2D eigenvalue weighted by atomic mass is 9.95. The normalized spacial score (nSPS) is 18.2. The molecule has 0 aromatic heterocycles. The number of likely N-dealkylation sites (N-methyl/N-ethyl adjacent to an activating group) is 1. The second kappa shape index (κ2) is 5.91. The number of rotatable bonds is 2. The van der Waals surface area contributed by atoms with Crippen LogP contribution in [0.2, 0.25) is 0 Å². The van der Waals surface area contributed by atoms with Crippen LogP contribution in [0.1, 0.15) is 22.7 Å². The molecule has 0 saturated heterocycles. The SMILES string of the molecule is CN1C(N)=C(c2cc(C(F)(F)F)ccc2F)C(=O)C1c1ccccc1. The zero-order valence-corrected chi connectivity index (χ0v) is 13.1. The van der Waals surface area contributed by atoms with Crippen LogP contribution in [-0.2, 0) is 11.0 Å². The monoisotopic (exact) mass is 350 g/mol. The van der Waals surface area contributed by atoms with Gasteiger partial charge in [0.2, 0.25) is 0 Å². The second-order valence-corrected chi connectivity index (χ2v) is 5.74. The molecule has 0 bridgehead atoms. The van der Waals surface area contributed by atoms with Gasteiger partial charge in [-0.2, -0.15) is 13.2 Å². The molecule has 2 aromatic carbocycles. The Morgan fingerprint density at radius 2 is 1.72 bits per heavy atom. The smallest absolute Gasteiger partial charge is 0.385 e. The van der Waals surface area contributed by atoms with E-state index in [0.717, 1.165) is 0 Å². The van der Waals surface area contributed by atoms with Crippen LogP contribution in [0.4, 0.5) is 17.6 Å². The summed E-state index contributed by atoms with van der Waals surface area (Å²) in [5, 5.41) is 0. The average Bonchev–Trinajstić information content (AvgIpc) is 2.78. The lowest BCUT2D eigenvalue weighted by molar-refractivity contribution is -0.137. The number of nitrogens with two attached hydrogens (primary N) is 1. The highest BCUT2D eigenvalue weighted by Gasteiger charge is 2.40. The van der Waals surface area contributed by atoms with Gasteiger partial charge in [0.25, 0.3) is 0 Å². The van der Waals surface area contributed by atoms with E-state index in [0.29, 0.717) is 23.8 Å². The molecule has 7 heteroatoms. The highest BCUT2D eigenvalue weighted by molar-refractivity contribution is 6.26. The van der Waals surface area contributed by atoms with Gasteiger partial charge in [-0.3, -0.25) is 4.79 Å².